The first-order chi connectivity index (χ1) is 7.56. The lowest BCUT2D eigenvalue weighted by Gasteiger charge is -2.06. The van der Waals surface area contributed by atoms with E-state index in [1.165, 1.54) is 6.92 Å². The molecule has 0 fully saturated rings. The van der Waals surface area contributed by atoms with Crippen LogP contribution in [-0.4, -0.2) is 15.9 Å². The van der Waals surface area contributed by atoms with Crippen molar-refractivity contribution in [2.75, 3.05) is 5.32 Å². The molecular weight excluding hydrogens is 249 g/mol. The van der Waals surface area contributed by atoms with Gasteiger partial charge >= 0.3 is 0 Å². The van der Waals surface area contributed by atoms with Crippen LogP contribution < -0.4 is 5.32 Å². The van der Waals surface area contributed by atoms with Gasteiger partial charge in [0.15, 0.2) is 0 Å². The molecule has 1 N–H and O–H groups in total. The molecular formula is C10H7Cl2N3O. The highest BCUT2D eigenvalue weighted by atomic mass is 35.5. The molecule has 0 aliphatic heterocycles. The van der Waals surface area contributed by atoms with Gasteiger partial charge in [-0.25, -0.2) is 4.98 Å². The molecule has 2 aromatic rings. The molecule has 0 aliphatic rings. The van der Waals surface area contributed by atoms with Crippen molar-refractivity contribution in [3.8, 4) is 0 Å². The summed E-state index contributed by atoms with van der Waals surface area (Å²) >= 11 is 11.6. The minimum Gasteiger partial charge on any atom is -0.310 e. The molecule has 0 bridgehead atoms. The van der Waals surface area contributed by atoms with E-state index in [9.17, 15) is 4.79 Å². The molecule has 0 atom stereocenters. The van der Waals surface area contributed by atoms with Gasteiger partial charge in [-0.1, -0.05) is 11.6 Å². The number of hydrogen-bond acceptors (Lipinski definition) is 3. The molecule has 0 aliphatic carbocycles. The molecule has 1 aromatic carbocycles. The molecule has 1 amide bonds. The van der Waals surface area contributed by atoms with E-state index in [4.69, 9.17) is 23.2 Å². The second-order valence-corrected chi connectivity index (χ2v) is 3.96. The zero-order chi connectivity index (χ0) is 11.7. The summed E-state index contributed by atoms with van der Waals surface area (Å²) in [4.78, 5) is 19.0. The quantitative estimate of drug-likeness (QED) is 0.798. The Morgan fingerprint density at radius 3 is 2.75 bits per heavy atom. The topological polar surface area (TPSA) is 54.9 Å². The van der Waals surface area contributed by atoms with Crippen LogP contribution in [0.15, 0.2) is 18.2 Å². The molecule has 0 saturated carbocycles. The van der Waals surface area contributed by atoms with Gasteiger partial charge in [-0.15, -0.1) is 0 Å². The lowest BCUT2D eigenvalue weighted by Crippen LogP contribution is -2.08. The summed E-state index contributed by atoms with van der Waals surface area (Å²) in [5.41, 5.74) is 0.594. The number of nitrogens with one attached hydrogen (secondary N) is 1. The molecule has 0 saturated heterocycles. The minimum atomic E-state index is -0.217. The average Bonchev–Trinajstić information content (AvgIpc) is 2.15. The SMILES string of the molecule is CC(=O)Nc1nc(Cl)nc2cc(Cl)ccc12. The van der Waals surface area contributed by atoms with E-state index in [0.29, 0.717) is 21.7 Å². The maximum absolute atomic E-state index is 11.0. The van der Waals surface area contributed by atoms with Crippen LogP contribution in [0.1, 0.15) is 6.92 Å². The van der Waals surface area contributed by atoms with Gasteiger partial charge in [-0.05, 0) is 29.8 Å². The minimum absolute atomic E-state index is 0.0681. The standard InChI is InChI=1S/C10H7Cl2N3O/c1-5(16)13-9-7-3-2-6(11)4-8(7)14-10(12)15-9/h2-4H,1H3,(H,13,14,15,16). The van der Waals surface area contributed by atoms with E-state index in [1.54, 1.807) is 18.2 Å². The Morgan fingerprint density at radius 2 is 2.06 bits per heavy atom. The number of amides is 1. The number of carbonyl (C=O) groups is 1. The highest BCUT2D eigenvalue weighted by Crippen LogP contribution is 2.24. The number of anilines is 1. The highest BCUT2D eigenvalue weighted by molar-refractivity contribution is 6.31. The maximum atomic E-state index is 11.0. The van der Waals surface area contributed by atoms with Gasteiger partial charge in [0.1, 0.15) is 5.82 Å². The van der Waals surface area contributed by atoms with Crippen molar-refractivity contribution in [1.82, 2.24) is 9.97 Å². The molecule has 82 valence electrons. The summed E-state index contributed by atoms with van der Waals surface area (Å²) in [6.45, 7) is 1.40. The van der Waals surface area contributed by atoms with Crippen molar-refractivity contribution >= 4 is 45.8 Å². The predicted molar refractivity (Wildman–Crippen MR) is 63.9 cm³/mol. The van der Waals surface area contributed by atoms with Crippen molar-refractivity contribution in [2.24, 2.45) is 0 Å². The summed E-state index contributed by atoms with van der Waals surface area (Å²) in [5, 5.41) is 3.91. The monoisotopic (exact) mass is 255 g/mol. The highest BCUT2D eigenvalue weighted by Gasteiger charge is 2.08. The Balaban J connectivity index is 2.67. The third-order valence-corrected chi connectivity index (χ3v) is 2.33. The molecule has 0 spiro atoms. The van der Waals surface area contributed by atoms with Gasteiger partial charge in [0, 0.05) is 17.3 Å². The van der Waals surface area contributed by atoms with Gasteiger partial charge in [-0.2, -0.15) is 4.98 Å². The van der Waals surface area contributed by atoms with E-state index < -0.39 is 0 Å². The Kier molecular flexibility index (Phi) is 2.94. The van der Waals surface area contributed by atoms with Crippen LogP contribution in [0, 0.1) is 0 Å². The summed E-state index contributed by atoms with van der Waals surface area (Å²) in [6, 6.07) is 5.10. The fourth-order valence-corrected chi connectivity index (χ4v) is 1.68. The van der Waals surface area contributed by atoms with Crippen molar-refractivity contribution in [1.29, 1.82) is 0 Å². The Bertz CT molecular complexity index is 566. The number of halogens is 2. The molecule has 4 nitrogen and oxygen atoms in total. The van der Waals surface area contributed by atoms with Crippen molar-refractivity contribution in [2.45, 2.75) is 6.92 Å². The van der Waals surface area contributed by atoms with Crippen molar-refractivity contribution < 1.29 is 4.79 Å². The van der Waals surface area contributed by atoms with E-state index in [-0.39, 0.29) is 11.2 Å². The zero-order valence-corrected chi connectivity index (χ0v) is 9.80. The number of fused-ring (bicyclic) bond motifs is 1. The van der Waals surface area contributed by atoms with Gasteiger partial charge < -0.3 is 5.32 Å². The normalized spacial score (nSPS) is 10.4. The predicted octanol–water partition coefficient (Wildman–Crippen LogP) is 2.90. The van der Waals surface area contributed by atoms with E-state index in [0.717, 1.165) is 0 Å². The fourth-order valence-electron chi connectivity index (χ4n) is 1.34. The Morgan fingerprint density at radius 1 is 1.31 bits per heavy atom. The van der Waals surface area contributed by atoms with Crippen LogP contribution in [0.4, 0.5) is 5.82 Å². The molecule has 16 heavy (non-hydrogen) atoms. The second kappa shape index (κ2) is 4.23. The molecule has 6 heteroatoms. The first kappa shape index (κ1) is 11.1. The molecule has 0 unspecified atom stereocenters. The largest absolute Gasteiger partial charge is 0.310 e. The van der Waals surface area contributed by atoms with Crippen LogP contribution in [0.25, 0.3) is 10.9 Å². The Labute approximate surface area is 102 Å². The van der Waals surface area contributed by atoms with Gasteiger partial charge in [0.25, 0.3) is 0 Å². The van der Waals surface area contributed by atoms with Gasteiger partial charge in [0.2, 0.25) is 11.2 Å². The number of benzene rings is 1. The smallest absolute Gasteiger partial charge is 0.224 e. The average molecular weight is 256 g/mol. The third-order valence-electron chi connectivity index (χ3n) is 1.93. The number of rotatable bonds is 1. The van der Waals surface area contributed by atoms with Crippen molar-refractivity contribution in [3.63, 3.8) is 0 Å². The van der Waals surface area contributed by atoms with Crippen LogP contribution in [0.3, 0.4) is 0 Å². The fraction of sp³-hybridized carbons (Fsp3) is 0.100. The second-order valence-electron chi connectivity index (χ2n) is 3.18. The number of aromatic nitrogens is 2. The number of carbonyl (C=O) groups excluding carboxylic acids is 1. The van der Waals surface area contributed by atoms with Crippen molar-refractivity contribution in [3.05, 3.63) is 28.5 Å². The summed E-state index contributed by atoms with van der Waals surface area (Å²) in [6.07, 6.45) is 0. The summed E-state index contributed by atoms with van der Waals surface area (Å²) in [5.74, 6) is 0.171. The van der Waals surface area contributed by atoms with E-state index in [1.807, 2.05) is 0 Å². The molecule has 2 rings (SSSR count). The molecule has 1 heterocycles. The van der Waals surface area contributed by atoms with E-state index >= 15 is 0 Å². The lowest BCUT2D eigenvalue weighted by atomic mass is 10.2. The summed E-state index contributed by atoms with van der Waals surface area (Å²) in [7, 11) is 0. The van der Waals surface area contributed by atoms with E-state index in [2.05, 4.69) is 15.3 Å². The first-order valence-corrected chi connectivity index (χ1v) is 5.22. The first-order valence-electron chi connectivity index (χ1n) is 4.46. The lowest BCUT2D eigenvalue weighted by molar-refractivity contribution is -0.114. The maximum Gasteiger partial charge on any atom is 0.224 e. The molecule has 1 aromatic heterocycles. The van der Waals surface area contributed by atoms with Crippen LogP contribution in [-0.2, 0) is 4.79 Å². The van der Waals surface area contributed by atoms with Gasteiger partial charge in [0.05, 0.1) is 5.52 Å². The third kappa shape index (κ3) is 2.23. The van der Waals surface area contributed by atoms with Crippen LogP contribution in [0.5, 0.6) is 0 Å². The molecule has 0 radical (unpaired) electrons. The van der Waals surface area contributed by atoms with Gasteiger partial charge in [-0.3, -0.25) is 4.79 Å². The number of hydrogen-bond donors (Lipinski definition) is 1. The summed E-state index contributed by atoms with van der Waals surface area (Å²) < 4.78 is 0. The van der Waals surface area contributed by atoms with Crippen LogP contribution in [0.2, 0.25) is 10.3 Å². The Hall–Kier alpha value is -1.39. The zero-order valence-electron chi connectivity index (χ0n) is 8.29. The number of nitrogens with zero attached hydrogens (tertiary/aromatic N) is 2. The van der Waals surface area contributed by atoms with Crippen LogP contribution >= 0.6 is 23.2 Å².